The van der Waals surface area contributed by atoms with E-state index in [1.807, 2.05) is 25.1 Å². The molecule has 0 radical (unpaired) electrons. The Kier molecular flexibility index (Phi) is 44.5. The number of nitrogens with one attached hydrogen (secondary N) is 8. The average molecular weight is 1780 g/mol. The zero-order chi connectivity index (χ0) is 91.7. The molecule has 2 aromatic rings. The van der Waals surface area contributed by atoms with Gasteiger partial charge in [0, 0.05) is 38.0 Å². The number of nitrogens with two attached hydrogens (primary N) is 1. The lowest BCUT2D eigenvalue weighted by Gasteiger charge is -2.56. The fraction of sp³-hybridized carbons (Fsp3) is 0.740. The lowest BCUT2D eigenvalue weighted by Crippen LogP contribution is -2.60. The van der Waals surface area contributed by atoms with Gasteiger partial charge < -0.3 is 94.9 Å². The molecule has 2 unspecified atom stereocenters. The van der Waals surface area contributed by atoms with Gasteiger partial charge in [-0.3, -0.25) is 53.5 Å². The van der Waals surface area contributed by atoms with Crippen molar-refractivity contribution in [2.24, 2.45) is 44.5 Å². The summed E-state index contributed by atoms with van der Waals surface area (Å²) in [5.74, 6) is 8.58. The van der Waals surface area contributed by atoms with Crippen molar-refractivity contribution in [3.63, 3.8) is 0 Å². The van der Waals surface area contributed by atoms with E-state index in [-0.39, 0.29) is 105 Å². The number of hydrazone groups is 1. The first kappa shape index (κ1) is 104. The summed E-state index contributed by atoms with van der Waals surface area (Å²) in [5, 5.41) is 27.4. The first-order valence-electron chi connectivity index (χ1n) is 47.0. The number of ether oxygens (including phenoxy) is 10. The molecular formula is C96H153N12O19+. The van der Waals surface area contributed by atoms with E-state index < -0.39 is 70.0 Å². The van der Waals surface area contributed by atoms with E-state index in [9.17, 15) is 43.2 Å². The number of aliphatic imine (C=N–C) groups is 1. The summed E-state index contributed by atoms with van der Waals surface area (Å²) in [6.07, 6.45) is 17.4. The Morgan fingerprint density at radius 2 is 1.06 bits per heavy atom. The Hall–Kier alpha value is -7.87. The van der Waals surface area contributed by atoms with Crippen LogP contribution in [-0.4, -0.2) is 272 Å². The third kappa shape index (κ3) is 33.8. The highest BCUT2D eigenvalue weighted by atomic mass is 16.6. The van der Waals surface area contributed by atoms with Crippen molar-refractivity contribution in [1.82, 2.24) is 37.2 Å². The number of fused-ring (bicyclic) bond motifs is 6. The Morgan fingerprint density at radius 3 is 1.65 bits per heavy atom. The van der Waals surface area contributed by atoms with Gasteiger partial charge in [0.2, 0.25) is 53.2 Å². The number of imide groups is 1. The SMILES string of the molecule is Cc1ccc2c(c1)[C@@]1(C)CCC[C@](C)(C(=O)NC(=O)[C@@]3(C)CCC[C@]4(C)c5cc(NC(=O)[C@H](C)NC(=O)[C@@H](NC(=O)[C@@H](CCCCNC(=O)COC6CCCCCC(=NCCOCCOCCOCCOCCC(=O)NCC[N+](C)(C)C)C6=NN)NC(=O)CCOCCOCCOCCOCCNC(=O)COC6C#CCCCCC6)C(C)C)ccc5CC[C@@H]34)[C@@H]1CC2. The van der Waals surface area contributed by atoms with Crippen molar-refractivity contribution in [3.8, 4) is 11.8 Å². The van der Waals surface area contributed by atoms with Gasteiger partial charge in [0.25, 0.3) is 0 Å². The molecule has 6 aliphatic carbocycles. The van der Waals surface area contributed by atoms with Gasteiger partial charge in [-0.05, 0) is 186 Å². The molecule has 10 N–H and O–H groups in total. The molecule has 0 heterocycles. The third-order valence-corrected chi connectivity index (χ3v) is 26.2. The first-order chi connectivity index (χ1) is 61.0. The standard InChI is InChI=1S/C96H152N12O19/c1-68(2)86(90(115)102-70(4)88(113)103-73-34-31-72-33-36-81-94(6,76(72)65-73)40-23-42-96(81,8)92(117)106-91(116)95(7)41-22-39-93(5)75-64-69(3)29-30-71(75)32-35-80(93)95)105-89(114)78(104-83(110)38-49-119-53-57-123-61-63-125-59-55-121-51-46-101-84(111)66-126-74-24-16-13-12-14-17-25-74)27-20-21-43-99-85(112)67-127-79-28-19-15-18-26-77(87(79)107-97)98-45-50-120-54-58-124-62-60-122-56-52-118-48-37-82(109)100-44-47-108(9,10)11/h29-31,34,64-65,68,70,74,78-81,86H,12-16,18-24,26-28,32-33,35-63,66-67H2,1-11H3,(H9-,97,98,99,100,101,102,103,104,105,106,109,110,111,112,113,114,115,116,117)/p+1/t70-,74?,78+,79?,80+,81+,86-,93+,94+,95-,96-/m0/s1. The second-order valence-electron chi connectivity index (χ2n) is 37.4. The number of hydrogen-bond donors (Lipinski definition) is 9. The number of nitrogens with zero attached hydrogens (tertiary/aromatic N) is 3. The van der Waals surface area contributed by atoms with E-state index >= 15 is 0 Å². The molecule has 710 valence electrons. The van der Waals surface area contributed by atoms with Crippen LogP contribution in [0.3, 0.4) is 0 Å². The molecule has 31 nitrogen and oxygen atoms in total. The van der Waals surface area contributed by atoms with Crippen molar-refractivity contribution in [1.29, 1.82) is 0 Å². The van der Waals surface area contributed by atoms with E-state index in [0.717, 1.165) is 131 Å². The van der Waals surface area contributed by atoms with Crippen LogP contribution in [0.1, 0.15) is 224 Å². The summed E-state index contributed by atoms with van der Waals surface area (Å²) in [7, 11) is 6.23. The van der Waals surface area contributed by atoms with E-state index in [1.54, 1.807) is 20.8 Å². The van der Waals surface area contributed by atoms with Gasteiger partial charge in [-0.15, -0.1) is 5.92 Å². The Morgan fingerprint density at radius 1 is 0.520 bits per heavy atom. The van der Waals surface area contributed by atoms with E-state index in [2.05, 4.69) is 127 Å². The molecular weight excluding hydrogens is 1630 g/mol. The smallest absolute Gasteiger partial charge is 0.246 e. The van der Waals surface area contributed by atoms with Crippen molar-refractivity contribution in [2.45, 2.75) is 257 Å². The van der Waals surface area contributed by atoms with Crippen molar-refractivity contribution < 1.29 is 95.0 Å². The van der Waals surface area contributed by atoms with Gasteiger partial charge in [0.1, 0.15) is 49.3 Å². The van der Waals surface area contributed by atoms with E-state index in [1.165, 1.54) is 16.7 Å². The van der Waals surface area contributed by atoms with Gasteiger partial charge in [0.15, 0.2) is 0 Å². The third-order valence-electron chi connectivity index (χ3n) is 26.2. The Balaban J connectivity index is 0.778. The molecule has 3 saturated carbocycles. The van der Waals surface area contributed by atoms with Crippen LogP contribution < -0.4 is 48.4 Å². The van der Waals surface area contributed by atoms with Crippen LogP contribution in [-0.2, 0) is 114 Å². The lowest BCUT2D eigenvalue weighted by atomic mass is 9.49. The predicted octanol–water partition coefficient (Wildman–Crippen LogP) is 8.02. The van der Waals surface area contributed by atoms with Crippen molar-refractivity contribution in [3.05, 3.63) is 64.2 Å². The summed E-state index contributed by atoms with van der Waals surface area (Å²) >= 11 is 0. The zero-order valence-electron chi connectivity index (χ0n) is 78.2. The Bertz CT molecular complexity index is 3980. The quantitative estimate of drug-likeness (QED) is 0.00755. The van der Waals surface area contributed by atoms with Gasteiger partial charge in [0.05, 0.1) is 163 Å². The fourth-order valence-electron chi connectivity index (χ4n) is 19.0. The van der Waals surface area contributed by atoms with Gasteiger partial charge in [-0.1, -0.05) is 109 Å². The first-order valence-corrected chi connectivity index (χ1v) is 47.0. The highest BCUT2D eigenvalue weighted by Crippen LogP contribution is 2.60. The van der Waals surface area contributed by atoms with Crippen molar-refractivity contribution >= 4 is 70.3 Å². The number of aryl methyl sites for hydroxylation is 3. The maximum atomic E-state index is 15.0. The number of benzene rings is 2. The topological polar surface area (TPSA) is 393 Å². The average Bonchev–Trinajstić information content (AvgIpc) is 0.720. The summed E-state index contributed by atoms with van der Waals surface area (Å²) in [4.78, 5) is 129. The number of likely N-dealkylation sites (N-methyl/N-ethyl adjacent to an activating group) is 1. The molecule has 127 heavy (non-hydrogen) atoms. The number of quaternary nitrogens is 1. The van der Waals surface area contributed by atoms with Crippen LogP contribution in [0.15, 0.2) is 46.5 Å². The molecule has 0 spiro atoms. The number of unbranched alkanes of at least 4 members (excludes halogenated alkanes) is 1. The van der Waals surface area contributed by atoms with Crippen LogP contribution >= 0.6 is 0 Å². The highest BCUT2D eigenvalue weighted by molar-refractivity contribution is 6.44. The number of hydrogen-bond acceptors (Lipinski definition) is 22. The number of amides is 9. The normalized spacial score (nSPS) is 23.6. The molecule has 9 amide bonds. The van der Waals surface area contributed by atoms with Crippen LogP contribution in [0.2, 0.25) is 0 Å². The molecule has 6 aliphatic rings. The number of carbonyl (C=O) groups excluding carboxylic acids is 9. The van der Waals surface area contributed by atoms with Crippen LogP contribution in [0.25, 0.3) is 0 Å². The number of carbonyl (C=O) groups is 9. The molecule has 0 saturated heterocycles. The summed E-state index contributed by atoms with van der Waals surface area (Å²) in [6.45, 7) is 23.0. The molecule has 2 aromatic carbocycles. The minimum atomic E-state index is -1.13. The zero-order valence-corrected chi connectivity index (χ0v) is 78.2. The summed E-state index contributed by atoms with van der Waals surface area (Å²) in [5.41, 5.74) is 5.67. The maximum absolute atomic E-state index is 15.0. The number of anilines is 1. The summed E-state index contributed by atoms with van der Waals surface area (Å²) < 4.78 is 57.8. The van der Waals surface area contributed by atoms with Crippen LogP contribution in [0, 0.1) is 47.3 Å². The molecule has 11 atom stereocenters. The van der Waals surface area contributed by atoms with E-state index in [4.69, 9.17) is 58.2 Å². The second kappa shape index (κ2) is 54.1. The molecule has 3 fully saturated rings. The van der Waals surface area contributed by atoms with Gasteiger partial charge in [-0.2, -0.15) is 5.10 Å². The predicted molar refractivity (Wildman–Crippen MR) is 487 cm³/mol. The second-order valence-corrected chi connectivity index (χ2v) is 37.4. The van der Waals surface area contributed by atoms with Gasteiger partial charge >= 0.3 is 0 Å². The number of rotatable bonds is 54. The lowest BCUT2D eigenvalue weighted by molar-refractivity contribution is -0.869. The molecule has 8 rings (SSSR count). The minimum absolute atomic E-state index is 0.0220. The molecule has 0 aromatic heterocycles. The van der Waals surface area contributed by atoms with Crippen LogP contribution in [0.4, 0.5) is 5.69 Å². The molecule has 0 aliphatic heterocycles. The fourth-order valence-corrected chi connectivity index (χ4v) is 19.0. The van der Waals surface area contributed by atoms with Crippen LogP contribution in [0.5, 0.6) is 0 Å². The van der Waals surface area contributed by atoms with Gasteiger partial charge in [-0.25, -0.2) is 0 Å². The van der Waals surface area contributed by atoms with Crippen molar-refractivity contribution in [2.75, 3.05) is 178 Å². The highest BCUT2D eigenvalue weighted by Gasteiger charge is 2.59. The monoisotopic (exact) mass is 1780 g/mol. The molecule has 31 heteroatoms. The maximum Gasteiger partial charge on any atom is 0.246 e. The van der Waals surface area contributed by atoms with E-state index in [0.29, 0.717) is 161 Å². The Labute approximate surface area is 754 Å². The summed E-state index contributed by atoms with van der Waals surface area (Å²) in [6, 6.07) is 9.35. The molecule has 0 bridgehead atoms. The largest absolute Gasteiger partial charge is 0.379 e. The minimum Gasteiger partial charge on any atom is -0.379 e.